The Labute approximate surface area is 87.8 Å². The lowest BCUT2D eigenvalue weighted by Crippen LogP contribution is -2.00. The smallest absolute Gasteiger partial charge is 0.0181 e. The number of nitrogens with two attached hydrogens (primary N) is 1. The third kappa shape index (κ3) is 2.68. The van der Waals surface area contributed by atoms with Gasteiger partial charge in [0.1, 0.15) is 0 Å². The van der Waals surface area contributed by atoms with E-state index in [-0.39, 0.29) is 0 Å². The van der Waals surface area contributed by atoms with Crippen molar-refractivity contribution in [3.63, 3.8) is 0 Å². The van der Waals surface area contributed by atoms with E-state index in [4.69, 9.17) is 5.73 Å². The van der Waals surface area contributed by atoms with Crippen LogP contribution in [0, 0.1) is 6.92 Å². The molecule has 0 unspecified atom stereocenters. The second-order valence-electron chi connectivity index (χ2n) is 3.10. The summed E-state index contributed by atoms with van der Waals surface area (Å²) >= 11 is 3.44. The van der Waals surface area contributed by atoms with Crippen molar-refractivity contribution in [2.24, 2.45) is 5.73 Å². The van der Waals surface area contributed by atoms with Crippen molar-refractivity contribution in [3.8, 4) is 0 Å². The minimum Gasteiger partial charge on any atom is -0.330 e. The standard InChI is InChI=1S/C11H14BrN/c1-8-3-4-10(12)7-11(8)9(2)5-6-13/h3-4,7H,2,5-6,13H2,1H3. The van der Waals surface area contributed by atoms with Gasteiger partial charge in [-0.1, -0.05) is 28.6 Å². The Hall–Kier alpha value is -0.600. The largest absolute Gasteiger partial charge is 0.330 e. The molecule has 1 aromatic rings. The Morgan fingerprint density at radius 3 is 2.85 bits per heavy atom. The molecule has 2 heteroatoms. The molecule has 0 spiro atoms. The highest BCUT2D eigenvalue weighted by Gasteiger charge is 2.02. The Morgan fingerprint density at radius 2 is 2.23 bits per heavy atom. The van der Waals surface area contributed by atoms with Crippen LogP contribution < -0.4 is 5.73 Å². The zero-order valence-corrected chi connectivity index (χ0v) is 9.39. The molecule has 0 fully saturated rings. The van der Waals surface area contributed by atoms with E-state index in [1.807, 2.05) is 6.07 Å². The molecule has 70 valence electrons. The molecule has 0 bridgehead atoms. The van der Waals surface area contributed by atoms with E-state index < -0.39 is 0 Å². The normalized spacial score (nSPS) is 10.1. The van der Waals surface area contributed by atoms with Gasteiger partial charge in [-0.2, -0.15) is 0 Å². The van der Waals surface area contributed by atoms with Crippen LogP contribution in [-0.4, -0.2) is 6.54 Å². The maximum Gasteiger partial charge on any atom is 0.0181 e. The van der Waals surface area contributed by atoms with Crippen LogP contribution in [0.15, 0.2) is 29.3 Å². The first-order valence-corrected chi connectivity index (χ1v) is 5.09. The molecule has 13 heavy (non-hydrogen) atoms. The van der Waals surface area contributed by atoms with Crippen LogP contribution in [0.4, 0.5) is 0 Å². The lowest BCUT2D eigenvalue weighted by atomic mass is 10.00. The highest BCUT2D eigenvalue weighted by atomic mass is 79.9. The predicted molar refractivity (Wildman–Crippen MR) is 61.6 cm³/mol. The Balaban J connectivity index is 2.99. The van der Waals surface area contributed by atoms with Crippen LogP contribution in [-0.2, 0) is 0 Å². The van der Waals surface area contributed by atoms with Gasteiger partial charge in [0.25, 0.3) is 0 Å². The van der Waals surface area contributed by atoms with Crippen LogP contribution in [0.1, 0.15) is 17.5 Å². The maximum absolute atomic E-state index is 5.48. The fourth-order valence-electron chi connectivity index (χ4n) is 1.28. The van der Waals surface area contributed by atoms with Crippen LogP contribution in [0.3, 0.4) is 0 Å². The molecule has 0 aliphatic heterocycles. The molecule has 0 radical (unpaired) electrons. The van der Waals surface area contributed by atoms with E-state index in [9.17, 15) is 0 Å². The summed E-state index contributed by atoms with van der Waals surface area (Å²) in [4.78, 5) is 0. The molecule has 2 N–H and O–H groups in total. The van der Waals surface area contributed by atoms with Gasteiger partial charge in [-0.15, -0.1) is 0 Å². The Morgan fingerprint density at radius 1 is 1.54 bits per heavy atom. The summed E-state index contributed by atoms with van der Waals surface area (Å²) in [7, 11) is 0. The van der Waals surface area contributed by atoms with Crippen molar-refractivity contribution in [2.75, 3.05) is 6.54 Å². The van der Waals surface area contributed by atoms with Crippen molar-refractivity contribution in [1.82, 2.24) is 0 Å². The van der Waals surface area contributed by atoms with Gasteiger partial charge in [-0.25, -0.2) is 0 Å². The van der Waals surface area contributed by atoms with Crippen LogP contribution >= 0.6 is 15.9 Å². The van der Waals surface area contributed by atoms with Gasteiger partial charge in [0.05, 0.1) is 0 Å². The molecule has 0 aliphatic carbocycles. The van der Waals surface area contributed by atoms with Gasteiger partial charge >= 0.3 is 0 Å². The number of aryl methyl sites for hydroxylation is 1. The highest BCUT2D eigenvalue weighted by molar-refractivity contribution is 9.10. The number of hydrogen-bond donors (Lipinski definition) is 1. The zero-order chi connectivity index (χ0) is 9.84. The Kier molecular flexibility index (Phi) is 3.70. The van der Waals surface area contributed by atoms with E-state index in [1.165, 1.54) is 11.1 Å². The lowest BCUT2D eigenvalue weighted by molar-refractivity contribution is 1.02. The molecule has 0 atom stereocenters. The molecular weight excluding hydrogens is 226 g/mol. The van der Waals surface area contributed by atoms with E-state index in [2.05, 4.69) is 41.6 Å². The molecule has 0 aliphatic rings. The topological polar surface area (TPSA) is 26.0 Å². The van der Waals surface area contributed by atoms with Crippen molar-refractivity contribution < 1.29 is 0 Å². The summed E-state index contributed by atoms with van der Waals surface area (Å²) in [5.74, 6) is 0. The van der Waals surface area contributed by atoms with Crippen molar-refractivity contribution in [1.29, 1.82) is 0 Å². The SMILES string of the molecule is C=C(CCN)c1cc(Br)ccc1C. The van der Waals surface area contributed by atoms with Crippen LogP contribution in [0.25, 0.3) is 5.57 Å². The average molecular weight is 240 g/mol. The van der Waals surface area contributed by atoms with E-state index in [0.29, 0.717) is 6.54 Å². The van der Waals surface area contributed by atoms with E-state index >= 15 is 0 Å². The molecule has 1 aromatic carbocycles. The lowest BCUT2D eigenvalue weighted by Gasteiger charge is -2.08. The van der Waals surface area contributed by atoms with Crippen molar-refractivity contribution >= 4 is 21.5 Å². The van der Waals surface area contributed by atoms with E-state index in [0.717, 1.165) is 16.5 Å². The minimum absolute atomic E-state index is 0.658. The van der Waals surface area contributed by atoms with Crippen molar-refractivity contribution in [2.45, 2.75) is 13.3 Å². The number of rotatable bonds is 3. The summed E-state index contributed by atoms with van der Waals surface area (Å²) in [5, 5.41) is 0. The quantitative estimate of drug-likeness (QED) is 0.863. The van der Waals surface area contributed by atoms with Gasteiger partial charge in [0.2, 0.25) is 0 Å². The molecule has 1 rings (SSSR count). The van der Waals surface area contributed by atoms with Gasteiger partial charge < -0.3 is 5.73 Å². The zero-order valence-electron chi connectivity index (χ0n) is 7.81. The average Bonchev–Trinajstić information content (AvgIpc) is 2.09. The molecule has 0 aromatic heterocycles. The Bertz CT molecular complexity index is 318. The fourth-order valence-corrected chi connectivity index (χ4v) is 1.65. The fraction of sp³-hybridized carbons (Fsp3) is 0.273. The van der Waals surface area contributed by atoms with Gasteiger partial charge in [-0.3, -0.25) is 0 Å². The molecule has 1 nitrogen and oxygen atoms in total. The maximum atomic E-state index is 5.48. The first-order valence-electron chi connectivity index (χ1n) is 4.29. The first-order chi connectivity index (χ1) is 6.15. The second-order valence-corrected chi connectivity index (χ2v) is 4.02. The van der Waals surface area contributed by atoms with E-state index in [1.54, 1.807) is 0 Å². The third-order valence-electron chi connectivity index (χ3n) is 2.03. The molecular formula is C11H14BrN. The van der Waals surface area contributed by atoms with Gasteiger partial charge in [0.15, 0.2) is 0 Å². The third-order valence-corrected chi connectivity index (χ3v) is 2.52. The summed E-state index contributed by atoms with van der Waals surface area (Å²) in [6.07, 6.45) is 0.858. The summed E-state index contributed by atoms with van der Waals surface area (Å²) < 4.78 is 1.09. The van der Waals surface area contributed by atoms with Crippen LogP contribution in [0.5, 0.6) is 0 Å². The summed E-state index contributed by atoms with van der Waals surface area (Å²) in [6.45, 7) is 6.76. The van der Waals surface area contributed by atoms with Crippen LogP contribution in [0.2, 0.25) is 0 Å². The summed E-state index contributed by atoms with van der Waals surface area (Å²) in [6, 6.07) is 6.21. The second kappa shape index (κ2) is 4.58. The number of hydrogen-bond acceptors (Lipinski definition) is 1. The predicted octanol–water partition coefficient (Wildman–Crippen LogP) is 3.12. The molecule has 0 heterocycles. The van der Waals surface area contributed by atoms with Crippen molar-refractivity contribution in [3.05, 3.63) is 40.4 Å². The molecule has 0 amide bonds. The molecule has 0 saturated heterocycles. The molecule has 0 saturated carbocycles. The highest BCUT2D eigenvalue weighted by Crippen LogP contribution is 2.23. The monoisotopic (exact) mass is 239 g/mol. The number of halogens is 1. The summed E-state index contributed by atoms with van der Waals surface area (Å²) in [5.41, 5.74) is 9.05. The van der Waals surface area contributed by atoms with Gasteiger partial charge in [-0.05, 0) is 48.7 Å². The first kappa shape index (κ1) is 10.5. The minimum atomic E-state index is 0.658. The van der Waals surface area contributed by atoms with Gasteiger partial charge in [0, 0.05) is 4.47 Å². The number of benzene rings is 1.